The molecular weight excluding hydrogens is 368 g/mol. The average molecular weight is 407 g/mol. The topological polar surface area (TPSA) is 81.8 Å². The number of likely N-dealkylation sites (tertiary alicyclic amines) is 2. The normalized spacial score (nSPS) is 21.7. The van der Waals surface area contributed by atoms with Gasteiger partial charge in [-0.2, -0.15) is 0 Å². The van der Waals surface area contributed by atoms with Gasteiger partial charge in [-0.15, -0.1) is 0 Å². The van der Waals surface area contributed by atoms with Crippen molar-refractivity contribution >= 4 is 17.8 Å². The second-order valence-electron chi connectivity index (χ2n) is 8.94. The third-order valence-electron chi connectivity index (χ3n) is 6.72. The van der Waals surface area contributed by atoms with Gasteiger partial charge >= 0.3 is 6.03 Å². The minimum absolute atomic E-state index is 0.0621. The first-order valence-corrected chi connectivity index (χ1v) is 11.7. The zero-order valence-corrected chi connectivity index (χ0v) is 17.8. The Morgan fingerprint density at radius 3 is 1.97 bits per heavy atom. The first-order valence-electron chi connectivity index (χ1n) is 11.7. The van der Waals surface area contributed by atoms with E-state index in [9.17, 15) is 14.4 Å². The van der Waals surface area contributed by atoms with Gasteiger partial charge in [-0.3, -0.25) is 9.59 Å². The lowest BCUT2D eigenvalue weighted by molar-refractivity contribution is -0.136. The van der Waals surface area contributed by atoms with Gasteiger partial charge in [0.05, 0.1) is 0 Å². The molecule has 164 valence electrons. The second-order valence-corrected chi connectivity index (χ2v) is 8.94. The van der Waals surface area contributed by atoms with Crippen LogP contribution in [-0.2, 0) is 9.59 Å². The van der Waals surface area contributed by atoms with Crippen LogP contribution in [0.1, 0.15) is 70.6 Å². The van der Waals surface area contributed by atoms with E-state index in [0.29, 0.717) is 38.5 Å². The monoisotopic (exact) mass is 406 g/mol. The van der Waals surface area contributed by atoms with E-state index in [0.717, 1.165) is 38.8 Å². The molecule has 2 N–H and O–H groups in total. The van der Waals surface area contributed by atoms with Gasteiger partial charge < -0.3 is 20.4 Å². The number of hydrogen-bond acceptors (Lipinski definition) is 3. The van der Waals surface area contributed by atoms with Gasteiger partial charge in [0.1, 0.15) is 0 Å². The fourth-order valence-corrected chi connectivity index (χ4v) is 4.91. The highest BCUT2D eigenvalue weighted by Crippen LogP contribution is 2.27. The quantitative estimate of drug-likeness (QED) is 0.665. The number of carbonyl (C=O) groups is 3. The standard InChI is InChI=1S/C22H38N4O3/c27-20(17-18-7-3-4-8-18)23-11-12-24-22(29)26-15-9-19(10-16-26)21(28)25-13-5-1-2-6-14-25/h18-19H,1-17H2,(H,23,27)(H,24,29). The Balaban J connectivity index is 1.28. The van der Waals surface area contributed by atoms with Crippen LogP contribution in [-0.4, -0.2) is 66.9 Å². The molecule has 29 heavy (non-hydrogen) atoms. The number of rotatable bonds is 6. The zero-order chi connectivity index (χ0) is 20.5. The molecule has 3 aliphatic rings. The van der Waals surface area contributed by atoms with Crippen LogP contribution in [0.25, 0.3) is 0 Å². The molecule has 4 amide bonds. The lowest BCUT2D eigenvalue weighted by Gasteiger charge is -2.34. The Morgan fingerprint density at radius 2 is 1.31 bits per heavy atom. The summed E-state index contributed by atoms with van der Waals surface area (Å²) in [6.07, 6.45) is 11.6. The van der Waals surface area contributed by atoms with Crippen molar-refractivity contribution in [3.8, 4) is 0 Å². The molecule has 3 rings (SSSR count). The summed E-state index contributed by atoms with van der Waals surface area (Å²) in [6, 6.07) is -0.0873. The first kappa shape index (κ1) is 21.9. The summed E-state index contributed by atoms with van der Waals surface area (Å²) in [7, 11) is 0. The molecule has 1 aliphatic carbocycles. The Bertz CT molecular complexity index is 546. The van der Waals surface area contributed by atoms with Gasteiger partial charge in [-0.05, 0) is 44.4 Å². The highest BCUT2D eigenvalue weighted by atomic mass is 16.2. The Labute approximate surface area is 174 Å². The number of urea groups is 1. The van der Waals surface area contributed by atoms with E-state index in [1.807, 2.05) is 4.90 Å². The van der Waals surface area contributed by atoms with Crippen LogP contribution in [0.4, 0.5) is 4.79 Å². The number of carbonyl (C=O) groups excluding carboxylic acids is 3. The van der Waals surface area contributed by atoms with E-state index in [-0.39, 0.29) is 23.8 Å². The number of piperidine rings is 1. The molecule has 0 aromatic heterocycles. The van der Waals surface area contributed by atoms with Crippen LogP contribution in [0.15, 0.2) is 0 Å². The largest absolute Gasteiger partial charge is 0.354 e. The number of nitrogens with zero attached hydrogens (tertiary/aromatic N) is 2. The van der Waals surface area contributed by atoms with Gasteiger partial charge in [-0.25, -0.2) is 4.79 Å². The Kier molecular flexibility index (Phi) is 8.62. The highest BCUT2D eigenvalue weighted by Gasteiger charge is 2.30. The molecule has 0 spiro atoms. The molecule has 0 bridgehead atoms. The summed E-state index contributed by atoms with van der Waals surface area (Å²) < 4.78 is 0. The molecule has 0 radical (unpaired) electrons. The van der Waals surface area contributed by atoms with Crippen LogP contribution in [0.2, 0.25) is 0 Å². The smallest absolute Gasteiger partial charge is 0.317 e. The maximum absolute atomic E-state index is 12.7. The van der Waals surface area contributed by atoms with Crippen molar-refractivity contribution in [1.29, 1.82) is 0 Å². The Hall–Kier alpha value is -1.79. The van der Waals surface area contributed by atoms with Crippen LogP contribution in [0.5, 0.6) is 0 Å². The molecule has 2 saturated heterocycles. The molecular formula is C22H38N4O3. The van der Waals surface area contributed by atoms with Crippen molar-refractivity contribution in [2.24, 2.45) is 11.8 Å². The highest BCUT2D eigenvalue weighted by molar-refractivity contribution is 5.80. The molecule has 2 heterocycles. The van der Waals surface area contributed by atoms with Gasteiger partial charge in [0.15, 0.2) is 0 Å². The van der Waals surface area contributed by atoms with Crippen LogP contribution in [0, 0.1) is 11.8 Å². The summed E-state index contributed by atoms with van der Waals surface area (Å²) in [5, 5.41) is 5.80. The molecule has 2 aliphatic heterocycles. The van der Waals surface area contributed by atoms with Gasteiger partial charge in [-0.1, -0.05) is 25.7 Å². The van der Waals surface area contributed by atoms with Gasteiger partial charge in [0.25, 0.3) is 0 Å². The molecule has 0 unspecified atom stereocenters. The summed E-state index contributed by atoms with van der Waals surface area (Å²) in [5.41, 5.74) is 0. The summed E-state index contributed by atoms with van der Waals surface area (Å²) in [6.45, 7) is 3.97. The molecule has 0 atom stereocenters. The molecule has 1 saturated carbocycles. The predicted molar refractivity (Wildman–Crippen MR) is 112 cm³/mol. The molecule has 0 aromatic rings. The summed E-state index contributed by atoms with van der Waals surface area (Å²) in [5.74, 6) is 0.992. The molecule has 7 nitrogen and oxygen atoms in total. The first-order chi connectivity index (χ1) is 14.1. The van der Waals surface area contributed by atoms with E-state index in [1.54, 1.807) is 4.90 Å². The van der Waals surface area contributed by atoms with Crippen LogP contribution in [0.3, 0.4) is 0 Å². The second kappa shape index (κ2) is 11.4. The number of nitrogens with one attached hydrogen (secondary N) is 2. The van der Waals surface area contributed by atoms with E-state index < -0.39 is 0 Å². The average Bonchev–Trinajstić information content (AvgIpc) is 3.09. The minimum atomic E-state index is -0.0873. The molecule has 0 aromatic carbocycles. The fourth-order valence-electron chi connectivity index (χ4n) is 4.91. The van der Waals surface area contributed by atoms with Gasteiger partial charge in [0.2, 0.25) is 11.8 Å². The zero-order valence-electron chi connectivity index (χ0n) is 17.8. The summed E-state index contributed by atoms with van der Waals surface area (Å²) in [4.78, 5) is 40.9. The Morgan fingerprint density at radius 1 is 0.690 bits per heavy atom. The van der Waals surface area contributed by atoms with Crippen molar-refractivity contribution in [2.75, 3.05) is 39.3 Å². The lowest BCUT2D eigenvalue weighted by Crippen LogP contribution is -2.48. The van der Waals surface area contributed by atoms with Crippen molar-refractivity contribution in [1.82, 2.24) is 20.4 Å². The van der Waals surface area contributed by atoms with E-state index in [2.05, 4.69) is 10.6 Å². The van der Waals surface area contributed by atoms with E-state index >= 15 is 0 Å². The molecule has 7 heteroatoms. The van der Waals surface area contributed by atoms with Gasteiger partial charge in [0, 0.05) is 51.6 Å². The summed E-state index contributed by atoms with van der Waals surface area (Å²) >= 11 is 0. The third kappa shape index (κ3) is 6.89. The maximum Gasteiger partial charge on any atom is 0.317 e. The van der Waals surface area contributed by atoms with E-state index in [1.165, 1.54) is 38.5 Å². The van der Waals surface area contributed by atoms with Crippen molar-refractivity contribution in [3.05, 3.63) is 0 Å². The minimum Gasteiger partial charge on any atom is -0.354 e. The predicted octanol–water partition coefficient (Wildman–Crippen LogP) is 2.51. The third-order valence-corrected chi connectivity index (χ3v) is 6.72. The van der Waals surface area contributed by atoms with Crippen molar-refractivity contribution in [3.63, 3.8) is 0 Å². The number of amides is 4. The van der Waals surface area contributed by atoms with Crippen molar-refractivity contribution in [2.45, 2.75) is 70.6 Å². The van der Waals surface area contributed by atoms with Crippen LogP contribution < -0.4 is 10.6 Å². The SMILES string of the molecule is O=C(CC1CCCC1)NCCNC(=O)N1CCC(C(=O)N2CCCCCC2)CC1. The van der Waals surface area contributed by atoms with E-state index in [4.69, 9.17) is 0 Å². The lowest BCUT2D eigenvalue weighted by atomic mass is 9.95. The van der Waals surface area contributed by atoms with Crippen LogP contribution >= 0.6 is 0 Å². The molecule has 3 fully saturated rings. The maximum atomic E-state index is 12.7. The fraction of sp³-hybridized carbons (Fsp3) is 0.864. The van der Waals surface area contributed by atoms with Crippen molar-refractivity contribution < 1.29 is 14.4 Å². The number of hydrogen-bond donors (Lipinski definition) is 2.